The fourth-order valence-electron chi connectivity index (χ4n) is 2.63. The molecule has 0 radical (unpaired) electrons. The minimum Gasteiger partial charge on any atom is -0.479 e. The molecule has 1 aromatic rings. The largest absolute Gasteiger partial charge is 0.479 e. The fraction of sp³-hybridized carbons (Fsp3) is 0.529. The van der Waals surface area contributed by atoms with Gasteiger partial charge in [-0.05, 0) is 25.3 Å². The van der Waals surface area contributed by atoms with E-state index in [1.165, 1.54) is 5.56 Å². The topological polar surface area (TPSA) is 43.2 Å². The number of benzene rings is 1. The minimum absolute atomic E-state index is 0.171. The molecule has 0 saturated carbocycles. The van der Waals surface area contributed by atoms with E-state index in [0.29, 0.717) is 12.6 Å². The lowest BCUT2D eigenvalue weighted by atomic mass is 10.1. The average molecular weight is 286 g/mol. The summed E-state index contributed by atoms with van der Waals surface area (Å²) in [6, 6.07) is 10.8. The molecular formula is C17H22N2O2. The maximum atomic E-state index is 5.70. The molecule has 112 valence electrons. The Balaban J connectivity index is 1.41. The summed E-state index contributed by atoms with van der Waals surface area (Å²) in [5.74, 6) is 1.81. The first kappa shape index (κ1) is 14.1. The van der Waals surface area contributed by atoms with Crippen LogP contribution in [0.4, 0.5) is 0 Å². The second-order valence-corrected chi connectivity index (χ2v) is 5.65. The Kier molecular flexibility index (Phi) is 4.53. The van der Waals surface area contributed by atoms with Crippen molar-refractivity contribution in [3.05, 3.63) is 35.9 Å². The Morgan fingerprint density at radius 3 is 2.29 bits per heavy atom. The van der Waals surface area contributed by atoms with E-state index in [2.05, 4.69) is 29.0 Å². The highest BCUT2D eigenvalue weighted by Crippen LogP contribution is 2.24. The maximum Gasteiger partial charge on any atom is 0.184 e. The van der Waals surface area contributed by atoms with E-state index in [9.17, 15) is 0 Å². The van der Waals surface area contributed by atoms with E-state index in [-0.39, 0.29) is 6.04 Å². The van der Waals surface area contributed by atoms with Crippen molar-refractivity contribution in [2.24, 2.45) is 9.98 Å². The Morgan fingerprint density at radius 2 is 1.62 bits per heavy atom. The zero-order valence-electron chi connectivity index (χ0n) is 12.5. The van der Waals surface area contributed by atoms with Crippen LogP contribution in [-0.4, -0.2) is 31.1 Å². The van der Waals surface area contributed by atoms with Gasteiger partial charge in [-0.1, -0.05) is 30.3 Å². The number of rotatable bonds is 6. The summed E-state index contributed by atoms with van der Waals surface area (Å²) in [4.78, 5) is 9.12. The molecule has 4 heteroatoms. The lowest BCUT2D eigenvalue weighted by molar-refractivity contribution is 0.308. The molecule has 1 aromatic carbocycles. The second kappa shape index (κ2) is 6.74. The lowest BCUT2D eigenvalue weighted by Crippen LogP contribution is -2.02. The summed E-state index contributed by atoms with van der Waals surface area (Å²) in [5.41, 5.74) is 1.23. The SMILES string of the molecule is CC1COC(CCCCC2=NC(c3ccccc3)CO2)=N1. The second-order valence-electron chi connectivity index (χ2n) is 5.65. The summed E-state index contributed by atoms with van der Waals surface area (Å²) in [7, 11) is 0. The molecule has 2 unspecified atom stereocenters. The molecule has 0 aliphatic carbocycles. The van der Waals surface area contributed by atoms with Crippen LogP contribution in [-0.2, 0) is 9.47 Å². The van der Waals surface area contributed by atoms with Crippen molar-refractivity contribution in [3.63, 3.8) is 0 Å². The van der Waals surface area contributed by atoms with Crippen molar-refractivity contribution in [1.29, 1.82) is 0 Å². The molecule has 0 amide bonds. The molecule has 2 heterocycles. The Labute approximate surface area is 125 Å². The van der Waals surface area contributed by atoms with Gasteiger partial charge in [0.15, 0.2) is 11.8 Å². The van der Waals surface area contributed by atoms with Crippen LogP contribution >= 0.6 is 0 Å². The van der Waals surface area contributed by atoms with E-state index < -0.39 is 0 Å². The van der Waals surface area contributed by atoms with Crippen molar-refractivity contribution in [2.75, 3.05) is 13.2 Å². The van der Waals surface area contributed by atoms with E-state index in [4.69, 9.17) is 9.47 Å². The summed E-state index contributed by atoms with van der Waals surface area (Å²) < 4.78 is 11.2. The van der Waals surface area contributed by atoms with Crippen molar-refractivity contribution in [1.82, 2.24) is 0 Å². The van der Waals surface area contributed by atoms with Crippen LogP contribution in [0.25, 0.3) is 0 Å². The molecule has 0 saturated heterocycles. The predicted molar refractivity (Wildman–Crippen MR) is 83.9 cm³/mol. The molecule has 21 heavy (non-hydrogen) atoms. The van der Waals surface area contributed by atoms with Gasteiger partial charge in [-0.15, -0.1) is 0 Å². The van der Waals surface area contributed by atoms with Crippen molar-refractivity contribution in [3.8, 4) is 0 Å². The number of ether oxygens (including phenoxy) is 2. The molecule has 0 N–H and O–H groups in total. The predicted octanol–water partition coefficient (Wildman–Crippen LogP) is 3.53. The Bertz CT molecular complexity index is 525. The first-order valence-electron chi connectivity index (χ1n) is 7.75. The molecule has 0 fully saturated rings. The van der Waals surface area contributed by atoms with Crippen LogP contribution in [0, 0.1) is 0 Å². The molecule has 0 aromatic heterocycles. The summed E-state index contributed by atoms with van der Waals surface area (Å²) in [5, 5.41) is 0. The number of unbranched alkanes of at least 4 members (excludes halogenated alkanes) is 1. The lowest BCUT2D eigenvalue weighted by Gasteiger charge is -2.03. The summed E-state index contributed by atoms with van der Waals surface area (Å²) in [6.45, 7) is 3.49. The van der Waals surface area contributed by atoms with E-state index in [1.54, 1.807) is 0 Å². The van der Waals surface area contributed by atoms with Crippen molar-refractivity contribution in [2.45, 2.75) is 44.7 Å². The van der Waals surface area contributed by atoms with Gasteiger partial charge in [0, 0.05) is 12.8 Å². The third-order valence-corrected chi connectivity index (χ3v) is 3.78. The van der Waals surface area contributed by atoms with Crippen LogP contribution in [0.5, 0.6) is 0 Å². The van der Waals surface area contributed by atoms with Crippen LogP contribution in [0.15, 0.2) is 40.3 Å². The highest BCUT2D eigenvalue weighted by molar-refractivity contribution is 5.79. The third-order valence-electron chi connectivity index (χ3n) is 3.78. The first-order chi connectivity index (χ1) is 10.3. The van der Waals surface area contributed by atoms with Crippen molar-refractivity contribution >= 4 is 11.8 Å². The van der Waals surface area contributed by atoms with Gasteiger partial charge >= 0.3 is 0 Å². The molecule has 0 spiro atoms. The van der Waals surface area contributed by atoms with Crippen LogP contribution < -0.4 is 0 Å². The van der Waals surface area contributed by atoms with Gasteiger partial charge in [-0.2, -0.15) is 0 Å². The Morgan fingerprint density at radius 1 is 0.952 bits per heavy atom. The van der Waals surface area contributed by atoms with Gasteiger partial charge < -0.3 is 9.47 Å². The number of nitrogens with zero attached hydrogens (tertiary/aromatic N) is 2. The van der Waals surface area contributed by atoms with Crippen LogP contribution in [0.3, 0.4) is 0 Å². The van der Waals surface area contributed by atoms with Gasteiger partial charge in [-0.3, -0.25) is 0 Å². The molecular weight excluding hydrogens is 264 g/mol. The monoisotopic (exact) mass is 286 g/mol. The highest BCUT2D eigenvalue weighted by Gasteiger charge is 2.20. The maximum absolute atomic E-state index is 5.70. The fourth-order valence-corrected chi connectivity index (χ4v) is 2.63. The van der Waals surface area contributed by atoms with Gasteiger partial charge in [0.2, 0.25) is 0 Å². The van der Waals surface area contributed by atoms with Crippen LogP contribution in [0.1, 0.15) is 44.2 Å². The highest BCUT2D eigenvalue weighted by atomic mass is 16.5. The Hall–Kier alpha value is -1.84. The number of aliphatic imine (C=N–C) groups is 2. The molecule has 0 bridgehead atoms. The molecule has 2 aliphatic rings. The summed E-state index contributed by atoms with van der Waals surface area (Å²) >= 11 is 0. The van der Waals surface area contributed by atoms with E-state index in [1.807, 2.05) is 18.2 Å². The molecule has 2 aliphatic heterocycles. The minimum atomic E-state index is 0.171. The van der Waals surface area contributed by atoms with E-state index in [0.717, 1.165) is 44.1 Å². The quantitative estimate of drug-likeness (QED) is 0.751. The smallest absolute Gasteiger partial charge is 0.184 e. The summed E-state index contributed by atoms with van der Waals surface area (Å²) in [6.07, 6.45) is 3.98. The van der Waals surface area contributed by atoms with Gasteiger partial charge in [0.05, 0.1) is 6.04 Å². The van der Waals surface area contributed by atoms with Crippen LogP contribution in [0.2, 0.25) is 0 Å². The number of hydrogen-bond donors (Lipinski definition) is 0. The molecule has 2 atom stereocenters. The van der Waals surface area contributed by atoms with Crippen molar-refractivity contribution < 1.29 is 9.47 Å². The van der Waals surface area contributed by atoms with Gasteiger partial charge in [-0.25, -0.2) is 9.98 Å². The normalized spacial score (nSPS) is 24.2. The molecule has 3 rings (SSSR count). The molecule has 4 nitrogen and oxygen atoms in total. The average Bonchev–Trinajstić information content (AvgIpc) is 3.14. The third kappa shape index (κ3) is 3.84. The first-order valence-corrected chi connectivity index (χ1v) is 7.75. The van der Waals surface area contributed by atoms with E-state index >= 15 is 0 Å². The number of hydrogen-bond acceptors (Lipinski definition) is 4. The zero-order chi connectivity index (χ0) is 14.5. The van der Waals surface area contributed by atoms with Gasteiger partial charge in [0.25, 0.3) is 0 Å². The zero-order valence-corrected chi connectivity index (χ0v) is 12.5. The van der Waals surface area contributed by atoms with Gasteiger partial charge in [0.1, 0.15) is 19.3 Å². The standard InChI is InChI=1S/C17H22N2O2/c1-13-11-20-16(18-13)9-5-6-10-17-19-15(12-21-17)14-7-3-2-4-8-14/h2-4,7-8,13,15H,5-6,9-12H2,1H3.